The Labute approximate surface area is 140 Å². The Morgan fingerprint density at radius 2 is 2.24 bits per heavy atom. The van der Waals surface area contributed by atoms with E-state index >= 15 is 0 Å². The number of azide groups is 1. The van der Waals surface area contributed by atoms with E-state index in [1.54, 1.807) is 0 Å². The number of aromatic nitrogens is 2. The first-order valence-electron chi connectivity index (χ1n) is 7.61. The van der Waals surface area contributed by atoms with Gasteiger partial charge in [0, 0.05) is 24.2 Å². The fourth-order valence-electron chi connectivity index (χ4n) is 2.85. The second-order valence-corrected chi connectivity index (χ2v) is 5.67. The first-order chi connectivity index (χ1) is 12.0. The molecule has 25 heavy (non-hydrogen) atoms. The van der Waals surface area contributed by atoms with Gasteiger partial charge in [-0.15, -0.1) is 0 Å². The number of aliphatic hydroxyl groups is 2. The smallest absolute Gasteiger partial charge is 0.351 e. The Kier molecular flexibility index (Phi) is 4.88. The summed E-state index contributed by atoms with van der Waals surface area (Å²) in [4.78, 5) is 20.5. The number of hydrogen-bond acceptors (Lipinski definition) is 8. The van der Waals surface area contributed by atoms with E-state index in [1.165, 1.54) is 12.3 Å². The van der Waals surface area contributed by atoms with E-state index in [-0.39, 0.29) is 0 Å². The van der Waals surface area contributed by atoms with Gasteiger partial charge >= 0.3 is 5.69 Å². The highest BCUT2D eigenvalue weighted by Crippen LogP contribution is 2.39. The van der Waals surface area contributed by atoms with Gasteiger partial charge in [-0.1, -0.05) is 5.11 Å². The van der Waals surface area contributed by atoms with Gasteiger partial charge < -0.3 is 24.6 Å². The third-order valence-corrected chi connectivity index (χ3v) is 4.23. The van der Waals surface area contributed by atoms with Crippen molar-refractivity contribution in [1.29, 1.82) is 0 Å². The highest BCUT2D eigenvalue weighted by Gasteiger charge is 2.56. The zero-order valence-electron chi connectivity index (χ0n) is 13.1. The Morgan fingerprint density at radius 3 is 2.84 bits per heavy atom. The summed E-state index contributed by atoms with van der Waals surface area (Å²) in [6.07, 6.45) is -4.31. The molecular formula is C13H17FN6O5. The lowest BCUT2D eigenvalue weighted by atomic mass is 10.1. The summed E-state index contributed by atoms with van der Waals surface area (Å²) in [5.74, 6) is 0.418. The molecule has 2 aliphatic rings. The molecule has 0 bridgehead atoms. The predicted octanol–water partition coefficient (Wildman–Crippen LogP) is -0.693. The molecule has 2 aliphatic heterocycles. The lowest BCUT2D eigenvalue weighted by molar-refractivity contribution is -0.124. The minimum atomic E-state index is -2.19. The number of morpholine rings is 1. The van der Waals surface area contributed by atoms with Gasteiger partial charge in [-0.25, -0.2) is 9.18 Å². The second kappa shape index (κ2) is 6.94. The number of rotatable bonds is 4. The average molecular weight is 356 g/mol. The van der Waals surface area contributed by atoms with Crippen LogP contribution in [0.2, 0.25) is 0 Å². The summed E-state index contributed by atoms with van der Waals surface area (Å²) in [5, 5.41) is 22.4. The van der Waals surface area contributed by atoms with E-state index in [0.29, 0.717) is 32.1 Å². The van der Waals surface area contributed by atoms with Gasteiger partial charge in [0.1, 0.15) is 11.9 Å². The Balaban J connectivity index is 1.89. The zero-order chi connectivity index (χ0) is 18.0. The monoisotopic (exact) mass is 356 g/mol. The predicted molar refractivity (Wildman–Crippen MR) is 81.5 cm³/mol. The van der Waals surface area contributed by atoms with Crippen LogP contribution in [-0.2, 0) is 9.47 Å². The van der Waals surface area contributed by atoms with Crippen molar-refractivity contribution in [1.82, 2.24) is 9.55 Å². The van der Waals surface area contributed by atoms with Crippen molar-refractivity contribution in [2.24, 2.45) is 5.11 Å². The molecule has 0 amide bonds. The molecule has 3 rings (SSSR count). The van der Waals surface area contributed by atoms with Crippen molar-refractivity contribution < 1.29 is 24.1 Å². The van der Waals surface area contributed by atoms with Gasteiger partial charge in [-0.3, -0.25) is 4.57 Å². The maximum Gasteiger partial charge on any atom is 0.351 e. The number of hydrogen-bond donors (Lipinski definition) is 2. The molecule has 3 heterocycles. The summed E-state index contributed by atoms with van der Waals surface area (Å²) in [5.41, 5.74) is 5.57. The molecule has 2 N–H and O–H groups in total. The molecule has 136 valence electrons. The number of alkyl halides is 1. The third kappa shape index (κ3) is 3.05. The topological polar surface area (TPSA) is 146 Å². The summed E-state index contributed by atoms with van der Waals surface area (Å²) in [6.45, 7) is 1.24. The molecule has 0 saturated carbocycles. The molecule has 1 aromatic rings. The fourth-order valence-corrected chi connectivity index (χ4v) is 2.85. The van der Waals surface area contributed by atoms with E-state index in [4.69, 9.17) is 15.0 Å². The molecule has 0 aromatic carbocycles. The maximum atomic E-state index is 14.4. The van der Waals surface area contributed by atoms with Crippen LogP contribution in [0.1, 0.15) is 6.23 Å². The number of nitrogens with zero attached hydrogens (tertiary/aromatic N) is 6. The normalized spacial score (nSPS) is 32.4. The Morgan fingerprint density at radius 1 is 1.52 bits per heavy atom. The van der Waals surface area contributed by atoms with Gasteiger partial charge in [-0.05, 0) is 11.6 Å². The highest BCUT2D eigenvalue weighted by molar-refractivity contribution is 5.37. The zero-order valence-corrected chi connectivity index (χ0v) is 13.1. The van der Waals surface area contributed by atoms with Crippen molar-refractivity contribution >= 4 is 5.82 Å². The van der Waals surface area contributed by atoms with Crippen LogP contribution in [0.25, 0.3) is 10.4 Å². The number of halogens is 1. The van der Waals surface area contributed by atoms with Crippen molar-refractivity contribution in [3.05, 3.63) is 33.2 Å². The van der Waals surface area contributed by atoms with Crippen LogP contribution in [0.5, 0.6) is 0 Å². The summed E-state index contributed by atoms with van der Waals surface area (Å²) in [7, 11) is 0. The van der Waals surface area contributed by atoms with Crippen LogP contribution >= 0.6 is 0 Å². The first kappa shape index (κ1) is 17.6. The SMILES string of the molecule is [N-]=[N+]=N[C@]1(CO)O[C@@H](n2ccc(N3CCOCC3)nc2=O)[C@@H](F)C1O. The van der Waals surface area contributed by atoms with Crippen molar-refractivity contribution in [2.45, 2.75) is 24.2 Å². The quantitative estimate of drug-likeness (QED) is 0.412. The van der Waals surface area contributed by atoms with Crippen LogP contribution in [0, 0.1) is 0 Å². The molecule has 0 aliphatic carbocycles. The Bertz CT molecular complexity index is 734. The molecule has 1 unspecified atom stereocenters. The standard InChI is InChI=1S/C13H17FN6O5/c14-9-10(22)13(7-21,17-18-15)25-11(9)20-2-1-8(16-12(20)23)19-3-5-24-6-4-19/h1-2,9-11,21-22H,3-7H2/t9-,10?,11+,13+/m0/s1. The van der Waals surface area contributed by atoms with Crippen LogP contribution in [0.4, 0.5) is 10.2 Å². The molecule has 4 atom stereocenters. The summed E-state index contributed by atoms with van der Waals surface area (Å²) < 4.78 is 25.7. The van der Waals surface area contributed by atoms with Crippen molar-refractivity contribution in [2.75, 3.05) is 37.8 Å². The Hall–Kier alpha value is -2.24. The van der Waals surface area contributed by atoms with Gasteiger partial charge in [0.15, 0.2) is 12.4 Å². The van der Waals surface area contributed by atoms with Crippen LogP contribution in [0.3, 0.4) is 0 Å². The number of anilines is 1. The molecule has 1 aromatic heterocycles. The van der Waals surface area contributed by atoms with Crippen molar-refractivity contribution in [3.8, 4) is 0 Å². The van der Waals surface area contributed by atoms with Gasteiger partial charge in [0.2, 0.25) is 5.72 Å². The third-order valence-electron chi connectivity index (χ3n) is 4.23. The molecule has 2 fully saturated rings. The number of ether oxygens (including phenoxy) is 2. The molecule has 2 saturated heterocycles. The first-order valence-corrected chi connectivity index (χ1v) is 7.61. The second-order valence-electron chi connectivity index (χ2n) is 5.67. The minimum Gasteiger partial charge on any atom is -0.393 e. The maximum absolute atomic E-state index is 14.4. The average Bonchev–Trinajstić information content (AvgIpc) is 2.88. The summed E-state index contributed by atoms with van der Waals surface area (Å²) in [6, 6.07) is 1.52. The molecule has 0 radical (unpaired) electrons. The molecule has 0 spiro atoms. The lowest BCUT2D eigenvalue weighted by Gasteiger charge is -2.28. The van der Waals surface area contributed by atoms with E-state index < -0.39 is 36.5 Å². The van der Waals surface area contributed by atoms with Gasteiger partial charge in [0.25, 0.3) is 0 Å². The van der Waals surface area contributed by atoms with E-state index in [9.17, 15) is 19.4 Å². The van der Waals surface area contributed by atoms with E-state index in [0.717, 1.165) is 4.57 Å². The summed E-state index contributed by atoms with van der Waals surface area (Å²) >= 11 is 0. The fraction of sp³-hybridized carbons (Fsp3) is 0.692. The van der Waals surface area contributed by atoms with E-state index in [2.05, 4.69) is 15.0 Å². The van der Waals surface area contributed by atoms with Crippen LogP contribution in [-0.4, -0.2) is 70.7 Å². The largest absolute Gasteiger partial charge is 0.393 e. The van der Waals surface area contributed by atoms with Crippen LogP contribution in [0.15, 0.2) is 22.2 Å². The van der Waals surface area contributed by atoms with E-state index in [1.807, 2.05) is 4.90 Å². The molecule has 12 heteroatoms. The van der Waals surface area contributed by atoms with Crippen LogP contribution < -0.4 is 10.6 Å². The number of aliphatic hydroxyl groups excluding tert-OH is 2. The minimum absolute atomic E-state index is 0.418. The molecule has 11 nitrogen and oxygen atoms in total. The lowest BCUT2D eigenvalue weighted by Crippen LogP contribution is -2.43. The van der Waals surface area contributed by atoms with Crippen molar-refractivity contribution in [3.63, 3.8) is 0 Å². The molecular weight excluding hydrogens is 339 g/mol. The highest BCUT2D eigenvalue weighted by atomic mass is 19.1. The van der Waals surface area contributed by atoms with Gasteiger partial charge in [0.05, 0.1) is 19.8 Å². The van der Waals surface area contributed by atoms with Gasteiger partial charge in [-0.2, -0.15) is 4.98 Å².